The second kappa shape index (κ2) is 5.84. The number of halogens is 1. The Hall–Kier alpha value is -1.88. The Morgan fingerprint density at radius 1 is 1.42 bits per heavy atom. The van der Waals surface area contributed by atoms with E-state index < -0.39 is 0 Å². The third-order valence-corrected chi connectivity index (χ3v) is 3.00. The third kappa shape index (κ3) is 3.54. The molecule has 19 heavy (non-hydrogen) atoms. The molecule has 6 heteroatoms. The van der Waals surface area contributed by atoms with Gasteiger partial charge in [0.1, 0.15) is 11.6 Å². The quantitative estimate of drug-likeness (QED) is 0.934. The molecule has 2 heterocycles. The number of rotatable bonds is 4. The monoisotopic (exact) mass is 279 g/mol. The number of nitrogens with zero attached hydrogens (tertiary/aromatic N) is 2. The summed E-state index contributed by atoms with van der Waals surface area (Å²) in [5.74, 6) is 1.15. The molecule has 0 aliphatic carbocycles. The summed E-state index contributed by atoms with van der Waals surface area (Å²) in [5, 5.41) is 7.10. The molecule has 0 aliphatic heterocycles. The van der Waals surface area contributed by atoms with E-state index >= 15 is 0 Å². The molecule has 0 atom stereocenters. The zero-order valence-electron chi connectivity index (χ0n) is 10.7. The molecule has 1 N–H and O–H groups in total. The van der Waals surface area contributed by atoms with Crippen LogP contribution in [0.15, 0.2) is 22.9 Å². The molecule has 2 aromatic heterocycles. The summed E-state index contributed by atoms with van der Waals surface area (Å²) in [5.41, 5.74) is 1.81. The Kier molecular flexibility index (Phi) is 4.16. The largest absolute Gasteiger partial charge is 0.361 e. The Labute approximate surface area is 116 Å². The molecule has 5 nitrogen and oxygen atoms in total. The van der Waals surface area contributed by atoms with E-state index in [2.05, 4.69) is 15.5 Å². The molecule has 0 bridgehead atoms. The summed E-state index contributed by atoms with van der Waals surface area (Å²) in [6.45, 7) is 3.71. The van der Waals surface area contributed by atoms with Gasteiger partial charge in [-0.25, -0.2) is 4.98 Å². The molecular formula is C13H14ClN3O2. The normalized spacial score (nSPS) is 10.5. The Morgan fingerprint density at radius 3 is 2.79 bits per heavy atom. The van der Waals surface area contributed by atoms with Crippen molar-refractivity contribution in [2.45, 2.75) is 26.7 Å². The van der Waals surface area contributed by atoms with E-state index in [0.29, 0.717) is 23.7 Å². The van der Waals surface area contributed by atoms with Crippen LogP contribution >= 0.6 is 11.6 Å². The fourth-order valence-corrected chi connectivity index (χ4v) is 1.86. The summed E-state index contributed by atoms with van der Waals surface area (Å²) in [4.78, 5) is 15.8. The average Bonchev–Trinajstić information content (AvgIpc) is 2.70. The lowest BCUT2D eigenvalue weighted by Crippen LogP contribution is -2.13. The number of carbonyl (C=O) groups is 1. The first kappa shape index (κ1) is 13.5. The van der Waals surface area contributed by atoms with Gasteiger partial charge in [0.05, 0.1) is 10.7 Å². The molecule has 0 saturated heterocycles. The van der Waals surface area contributed by atoms with Crippen molar-refractivity contribution in [3.05, 3.63) is 40.4 Å². The second-order valence-electron chi connectivity index (χ2n) is 4.21. The van der Waals surface area contributed by atoms with Crippen molar-refractivity contribution in [2.75, 3.05) is 5.32 Å². The van der Waals surface area contributed by atoms with Gasteiger partial charge < -0.3 is 9.84 Å². The van der Waals surface area contributed by atoms with Gasteiger partial charge in [-0.05, 0) is 32.4 Å². The predicted molar refractivity (Wildman–Crippen MR) is 72.2 cm³/mol. The van der Waals surface area contributed by atoms with Gasteiger partial charge >= 0.3 is 0 Å². The Morgan fingerprint density at radius 2 is 2.21 bits per heavy atom. The van der Waals surface area contributed by atoms with Crippen LogP contribution in [0.4, 0.5) is 5.82 Å². The minimum atomic E-state index is -0.102. The average molecular weight is 280 g/mol. The van der Waals surface area contributed by atoms with Crippen molar-refractivity contribution < 1.29 is 9.32 Å². The summed E-state index contributed by atoms with van der Waals surface area (Å²) in [6.07, 6.45) is 2.44. The molecule has 100 valence electrons. The van der Waals surface area contributed by atoms with Crippen molar-refractivity contribution in [1.82, 2.24) is 10.1 Å². The fourth-order valence-electron chi connectivity index (χ4n) is 1.75. The van der Waals surface area contributed by atoms with Crippen molar-refractivity contribution >= 4 is 23.3 Å². The van der Waals surface area contributed by atoms with Crippen LogP contribution in [0.5, 0.6) is 0 Å². The van der Waals surface area contributed by atoms with Crippen LogP contribution in [0.2, 0.25) is 5.02 Å². The van der Waals surface area contributed by atoms with E-state index in [9.17, 15) is 4.79 Å². The van der Waals surface area contributed by atoms with Crippen LogP contribution in [0, 0.1) is 13.8 Å². The first-order chi connectivity index (χ1) is 9.06. The topological polar surface area (TPSA) is 68.0 Å². The molecule has 0 spiro atoms. The van der Waals surface area contributed by atoms with Gasteiger partial charge in [0.25, 0.3) is 0 Å². The molecule has 0 unspecified atom stereocenters. The van der Waals surface area contributed by atoms with Gasteiger partial charge in [0.15, 0.2) is 0 Å². The van der Waals surface area contributed by atoms with Crippen molar-refractivity contribution in [3.63, 3.8) is 0 Å². The van der Waals surface area contributed by atoms with E-state index in [4.69, 9.17) is 16.1 Å². The van der Waals surface area contributed by atoms with E-state index in [1.165, 1.54) is 6.20 Å². The number of aromatic nitrogens is 2. The first-order valence-electron chi connectivity index (χ1n) is 5.89. The van der Waals surface area contributed by atoms with Crippen LogP contribution in [0.3, 0.4) is 0 Å². The van der Waals surface area contributed by atoms with Gasteiger partial charge in [-0.3, -0.25) is 4.79 Å². The molecule has 1 amide bonds. The van der Waals surface area contributed by atoms with E-state index in [-0.39, 0.29) is 5.91 Å². The number of anilines is 1. The van der Waals surface area contributed by atoms with Gasteiger partial charge in [-0.1, -0.05) is 16.8 Å². The third-order valence-electron chi connectivity index (χ3n) is 2.78. The van der Waals surface area contributed by atoms with Crippen LogP contribution in [0.25, 0.3) is 0 Å². The second-order valence-corrected chi connectivity index (χ2v) is 4.65. The van der Waals surface area contributed by atoms with Crippen LogP contribution in [-0.2, 0) is 11.2 Å². The van der Waals surface area contributed by atoms with Crippen molar-refractivity contribution in [3.8, 4) is 0 Å². The highest BCUT2D eigenvalue weighted by Gasteiger charge is 2.11. The van der Waals surface area contributed by atoms with Crippen molar-refractivity contribution in [2.24, 2.45) is 0 Å². The minimum absolute atomic E-state index is 0.102. The van der Waals surface area contributed by atoms with Gasteiger partial charge in [-0.15, -0.1) is 0 Å². The van der Waals surface area contributed by atoms with Gasteiger partial charge in [0, 0.05) is 18.2 Å². The van der Waals surface area contributed by atoms with E-state index in [1.807, 2.05) is 13.8 Å². The summed E-state index contributed by atoms with van der Waals surface area (Å²) in [6, 6.07) is 3.34. The Bertz CT molecular complexity index is 559. The number of pyridine rings is 1. The number of nitrogens with one attached hydrogen (secondary N) is 1. The fraction of sp³-hybridized carbons (Fsp3) is 0.308. The zero-order chi connectivity index (χ0) is 13.8. The highest BCUT2D eigenvalue weighted by molar-refractivity contribution is 6.30. The minimum Gasteiger partial charge on any atom is -0.361 e. The summed E-state index contributed by atoms with van der Waals surface area (Å²) >= 11 is 5.72. The maximum Gasteiger partial charge on any atom is 0.225 e. The molecule has 0 radical (unpaired) electrons. The summed E-state index contributed by atoms with van der Waals surface area (Å²) in [7, 11) is 0. The first-order valence-corrected chi connectivity index (χ1v) is 6.27. The molecule has 0 aromatic carbocycles. The van der Waals surface area contributed by atoms with Crippen LogP contribution in [0.1, 0.15) is 23.4 Å². The number of hydrogen-bond donors (Lipinski definition) is 1. The number of carbonyl (C=O) groups excluding carboxylic acids is 1. The lowest BCUT2D eigenvalue weighted by atomic mass is 10.1. The molecular weight excluding hydrogens is 266 g/mol. The summed E-state index contributed by atoms with van der Waals surface area (Å²) < 4.78 is 5.05. The maximum atomic E-state index is 11.8. The van der Waals surface area contributed by atoms with Crippen LogP contribution in [-0.4, -0.2) is 16.0 Å². The molecule has 0 fully saturated rings. The maximum absolute atomic E-state index is 11.8. The molecule has 0 aliphatic rings. The number of hydrogen-bond acceptors (Lipinski definition) is 4. The van der Waals surface area contributed by atoms with Crippen molar-refractivity contribution in [1.29, 1.82) is 0 Å². The Balaban J connectivity index is 1.90. The SMILES string of the molecule is Cc1noc(C)c1CCC(=O)Nc1ccc(Cl)cn1. The van der Waals surface area contributed by atoms with Gasteiger partial charge in [0.2, 0.25) is 5.91 Å². The molecule has 0 saturated carbocycles. The molecule has 2 aromatic rings. The number of amides is 1. The highest BCUT2D eigenvalue weighted by atomic mass is 35.5. The lowest BCUT2D eigenvalue weighted by Gasteiger charge is -2.04. The lowest BCUT2D eigenvalue weighted by molar-refractivity contribution is -0.116. The standard InChI is InChI=1S/C13H14ClN3O2/c1-8-11(9(2)19-17-8)4-6-13(18)16-12-5-3-10(14)7-15-12/h3,5,7H,4,6H2,1-2H3,(H,15,16,18). The van der Waals surface area contributed by atoms with E-state index in [1.54, 1.807) is 12.1 Å². The zero-order valence-corrected chi connectivity index (χ0v) is 11.5. The van der Waals surface area contributed by atoms with Gasteiger partial charge in [-0.2, -0.15) is 0 Å². The predicted octanol–water partition coefficient (Wildman–Crippen LogP) is 2.91. The number of aryl methyl sites for hydroxylation is 2. The highest BCUT2D eigenvalue weighted by Crippen LogP contribution is 2.15. The van der Waals surface area contributed by atoms with Crippen LogP contribution < -0.4 is 5.32 Å². The molecule has 2 rings (SSSR count). The smallest absolute Gasteiger partial charge is 0.225 e. The van der Waals surface area contributed by atoms with E-state index in [0.717, 1.165) is 17.0 Å².